The lowest BCUT2D eigenvalue weighted by atomic mass is 10.0. The highest BCUT2D eigenvalue weighted by molar-refractivity contribution is 4.71. The van der Waals surface area contributed by atoms with E-state index < -0.39 is 5.79 Å². The third kappa shape index (κ3) is 3.09. The Bertz CT molecular complexity index is 134. The summed E-state index contributed by atoms with van der Waals surface area (Å²) in [5, 5.41) is 9.37. The fraction of sp³-hybridized carbons (Fsp3) is 1.00. The van der Waals surface area contributed by atoms with Crippen molar-refractivity contribution in [2.24, 2.45) is 0 Å². The maximum atomic E-state index is 9.37. The summed E-state index contributed by atoms with van der Waals surface area (Å²) < 4.78 is 0. The van der Waals surface area contributed by atoms with Gasteiger partial charge in [0.2, 0.25) is 0 Å². The highest BCUT2D eigenvalue weighted by atomic mass is 17.2. The van der Waals surface area contributed by atoms with Gasteiger partial charge in [0, 0.05) is 6.42 Å². The van der Waals surface area contributed by atoms with Gasteiger partial charge in [-0.25, -0.2) is 9.78 Å². The topological polar surface area (TPSA) is 38.7 Å². The van der Waals surface area contributed by atoms with Gasteiger partial charge in [0.15, 0.2) is 5.79 Å². The predicted molar refractivity (Wildman–Crippen MR) is 45.3 cm³/mol. The monoisotopic (exact) mass is 174 g/mol. The first kappa shape index (κ1) is 9.96. The summed E-state index contributed by atoms with van der Waals surface area (Å²) in [4.78, 5) is 9.70. The van der Waals surface area contributed by atoms with Gasteiger partial charge in [-0.2, -0.15) is 0 Å². The quantitative estimate of drug-likeness (QED) is 0.523. The standard InChI is InChI=1S/C9H18O3/c1-3-4-5-6-8-7-9(2,10)12-11-8/h8,10H,3-7H2,1-2H3/t8-,9?/m1/s1. The van der Waals surface area contributed by atoms with Gasteiger partial charge in [0.25, 0.3) is 0 Å². The lowest BCUT2D eigenvalue weighted by Crippen LogP contribution is -2.21. The summed E-state index contributed by atoms with van der Waals surface area (Å²) in [6, 6.07) is 0. The zero-order valence-electron chi connectivity index (χ0n) is 7.88. The summed E-state index contributed by atoms with van der Waals surface area (Å²) in [5.41, 5.74) is 0. The molecule has 1 aliphatic rings. The van der Waals surface area contributed by atoms with Crippen LogP contribution in [0.1, 0.15) is 46.0 Å². The van der Waals surface area contributed by atoms with Gasteiger partial charge in [0.1, 0.15) is 0 Å². The Morgan fingerprint density at radius 3 is 2.75 bits per heavy atom. The molecule has 0 bridgehead atoms. The molecule has 0 spiro atoms. The molecule has 1 unspecified atom stereocenters. The van der Waals surface area contributed by atoms with Crippen molar-refractivity contribution < 1.29 is 14.9 Å². The first-order chi connectivity index (χ1) is 5.64. The van der Waals surface area contributed by atoms with Gasteiger partial charge in [-0.1, -0.05) is 26.2 Å². The maximum Gasteiger partial charge on any atom is 0.198 e. The van der Waals surface area contributed by atoms with Gasteiger partial charge < -0.3 is 5.11 Å². The van der Waals surface area contributed by atoms with Crippen LogP contribution in [0.15, 0.2) is 0 Å². The molecule has 1 N–H and O–H groups in total. The van der Waals surface area contributed by atoms with E-state index in [9.17, 15) is 5.11 Å². The van der Waals surface area contributed by atoms with E-state index in [0.717, 1.165) is 12.8 Å². The van der Waals surface area contributed by atoms with Crippen molar-refractivity contribution in [3.8, 4) is 0 Å². The van der Waals surface area contributed by atoms with Crippen LogP contribution in [0.5, 0.6) is 0 Å². The van der Waals surface area contributed by atoms with Crippen LogP contribution in [0.3, 0.4) is 0 Å². The Morgan fingerprint density at radius 2 is 2.25 bits per heavy atom. The maximum absolute atomic E-state index is 9.37. The van der Waals surface area contributed by atoms with Crippen molar-refractivity contribution in [3.05, 3.63) is 0 Å². The van der Waals surface area contributed by atoms with Crippen LogP contribution < -0.4 is 0 Å². The van der Waals surface area contributed by atoms with Crippen LogP contribution >= 0.6 is 0 Å². The Balaban J connectivity index is 2.11. The third-order valence-corrected chi connectivity index (χ3v) is 2.10. The second-order valence-electron chi connectivity index (χ2n) is 3.68. The number of unbranched alkanes of at least 4 members (excludes halogenated alkanes) is 2. The highest BCUT2D eigenvalue weighted by Crippen LogP contribution is 2.27. The Hall–Kier alpha value is -0.120. The molecule has 0 aromatic heterocycles. The molecule has 1 rings (SSSR count). The van der Waals surface area contributed by atoms with E-state index in [1.807, 2.05) is 0 Å². The number of aliphatic hydroxyl groups is 1. The molecule has 1 fully saturated rings. The average Bonchev–Trinajstić information content (AvgIpc) is 2.31. The van der Waals surface area contributed by atoms with Gasteiger partial charge in [-0.05, 0) is 13.3 Å². The fourth-order valence-corrected chi connectivity index (χ4v) is 1.43. The van der Waals surface area contributed by atoms with Crippen molar-refractivity contribution in [2.45, 2.75) is 57.8 Å². The summed E-state index contributed by atoms with van der Waals surface area (Å²) >= 11 is 0. The molecule has 0 aromatic rings. The van der Waals surface area contributed by atoms with E-state index in [1.165, 1.54) is 12.8 Å². The van der Waals surface area contributed by atoms with Crippen LogP contribution in [0.2, 0.25) is 0 Å². The first-order valence-corrected chi connectivity index (χ1v) is 4.71. The fourth-order valence-electron chi connectivity index (χ4n) is 1.43. The van der Waals surface area contributed by atoms with Crippen molar-refractivity contribution in [3.63, 3.8) is 0 Å². The predicted octanol–water partition coefficient (Wildman–Crippen LogP) is 2.00. The minimum absolute atomic E-state index is 0.0894. The molecule has 0 aliphatic carbocycles. The second-order valence-corrected chi connectivity index (χ2v) is 3.68. The van der Waals surface area contributed by atoms with E-state index >= 15 is 0 Å². The second kappa shape index (κ2) is 4.21. The molecule has 0 aromatic carbocycles. The SMILES string of the molecule is CCCCC[C@@H]1CC(C)(O)OO1. The molecule has 72 valence electrons. The number of hydrogen-bond donors (Lipinski definition) is 1. The molecule has 2 atom stereocenters. The van der Waals surface area contributed by atoms with Crippen LogP contribution in [-0.2, 0) is 9.78 Å². The minimum Gasteiger partial charge on any atom is -0.363 e. The van der Waals surface area contributed by atoms with E-state index in [2.05, 4.69) is 6.92 Å². The normalized spacial score (nSPS) is 35.8. The van der Waals surface area contributed by atoms with E-state index in [0.29, 0.717) is 6.42 Å². The van der Waals surface area contributed by atoms with Crippen molar-refractivity contribution in [1.82, 2.24) is 0 Å². The molecular formula is C9H18O3. The summed E-state index contributed by atoms with van der Waals surface area (Å²) in [7, 11) is 0. The van der Waals surface area contributed by atoms with Crippen LogP contribution in [0.4, 0.5) is 0 Å². The highest BCUT2D eigenvalue weighted by Gasteiger charge is 2.35. The van der Waals surface area contributed by atoms with Gasteiger partial charge in [-0.15, -0.1) is 0 Å². The number of hydrogen-bond acceptors (Lipinski definition) is 3. The zero-order valence-corrected chi connectivity index (χ0v) is 7.88. The molecule has 0 radical (unpaired) electrons. The molecule has 1 saturated heterocycles. The molecule has 1 heterocycles. The Labute approximate surface area is 73.6 Å². The van der Waals surface area contributed by atoms with E-state index in [-0.39, 0.29) is 6.10 Å². The first-order valence-electron chi connectivity index (χ1n) is 4.71. The van der Waals surface area contributed by atoms with Crippen LogP contribution in [0, 0.1) is 0 Å². The van der Waals surface area contributed by atoms with Crippen molar-refractivity contribution in [2.75, 3.05) is 0 Å². The summed E-state index contributed by atoms with van der Waals surface area (Å²) in [5.74, 6) is -1.06. The summed E-state index contributed by atoms with van der Waals surface area (Å²) in [6.45, 7) is 3.80. The minimum atomic E-state index is -1.06. The molecule has 12 heavy (non-hydrogen) atoms. The molecule has 1 aliphatic heterocycles. The molecule has 3 nitrogen and oxygen atoms in total. The van der Waals surface area contributed by atoms with Crippen LogP contribution in [0.25, 0.3) is 0 Å². The lowest BCUT2D eigenvalue weighted by Gasteiger charge is -2.09. The average molecular weight is 174 g/mol. The van der Waals surface area contributed by atoms with Gasteiger partial charge in [0.05, 0.1) is 6.10 Å². The summed E-state index contributed by atoms with van der Waals surface area (Å²) in [6.07, 6.45) is 5.26. The van der Waals surface area contributed by atoms with Gasteiger partial charge >= 0.3 is 0 Å². The van der Waals surface area contributed by atoms with Crippen LogP contribution in [-0.4, -0.2) is 17.0 Å². The molecule has 3 heteroatoms. The van der Waals surface area contributed by atoms with E-state index in [4.69, 9.17) is 9.78 Å². The van der Waals surface area contributed by atoms with Gasteiger partial charge in [-0.3, -0.25) is 0 Å². The molecule has 0 amide bonds. The smallest absolute Gasteiger partial charge is 0.198 e. The zero-order chi connectivity index (χ0) is 9.03. The van der Waals surface area contributed by atoms with E-state index in [1.54, 1.807) is 6.92 Å². The largest absolute Gasteiger partial charge is 0.363 e. The lowest BCUT2D eigenvalue weighted by molar-refractivity contribution is -0.372. The Morgan fingerprint density at radius 1 is 1.50 bits per heavy atom. The molecule has 0 saturated carbocycles. The van der Waals surface area contributed by atoms with Crippen molar-refractivity contribution >= 4 is 0 Å². The molecular weight excluding hydrogens is 156 g/mol. The number of rotatable bonds is 4. The third-order valence-electron chi connectivity index (χ3n) is 2.10. The van der Waals surface area contributed by atoms with Crippen molar-refractivity contribution in [1.29, 1.82) is 0 Å². The Kier molecular flexibility index (Phi) is 3.50.